The van der Waals surface area contributed by atoms with E-state index in [1.807, 2.05) is 0 Å². The summed E-state index contributed by atoms with van der Waals surface area (Å²) in [7, 11) is 0. The molecule has 1 heterocycles. The summed E-state index contributed by atoms with van der Waals surface area (Å²) in [6, 6.07) is 0. The highest BCUT2D eigenvalue weighted by atomic mass is 127. The summed E-state index contributed by atoms with van der Waals surface area (Å²) in [6.07, 6.45) is 0. The van der Waals surface area contributed by atoms with Gasteiger partial charge in [-0.05, 0) is 13.8 Å². The second-order valence-corrected chi connectivity index (χ2v) is 4.12. The summed E-state index contributed by atoms with van der Waals surface area (Å²) >= 11 is 2.35. The molecule has 9 heavy (non-hydrogen) atoms. The molecular formula is C6H12INO. The summed E-state index contributed by atoms with van der Waals surface area (Å²) in [5.74, 6) is 0. The van der Waals surface area contributed by atoms with Gasteiger partial charge in [-0.2, -0.15) is 0 Å². The highest BCUT2D eigenvalue weighted by Crippen LogP contribution is 2.22. The second kappa shape index (κ2) is 2.72. The fraction of sp³-hybridized carbons (Fsp3) is 1.00. The van der Waals surface area contributed by atoms with Gasteiger partial charge in [0.1, 0.15) is 0 Å². The Morgan fingerprint density at radius 2 is 2.22 bits per heavy atom. The molecule has 0 amide bonds. The monoisotopic (exact) mass is 241 g/mol. The Morgan fingerprint density at radius 3 is 2.56 bits per heavy atom. The maximum absolute atomic E-state index is 5.31. The lowest BCUT2D eigenvalue weighted by Crippen LogP contribution is -2.47. The van der Waals surface area contributed by atoms with Crippen LogP contribution in [-0.2, 0) is 4.74 Å². The van der Waals surface area contributed by atoms with E-state index in [4.69, 9.17) is 4.74 Å². The first-order chi connectivity index (χ1) is 4.13. The molecule has 0 aromatic carbocycles. The molecule has 0 atom stereocenters. The van der Waals surface area contributed by atoms with Crippen molar-refractivity contribution in [3.63, 3.8) is 0 Å². The summed E-state index contributed by atoms with van der Waals surface area (Å²) in [5.41, 5.74) is 0.235. The van der Waals surface area contributed by atoms with E-state index in [0.717, 1.165) is 19.8 Å². The molecule has 0 radical (unpaired) electrons. The minimum Gasteiger partial charge on any atom is -0.378 e. The Labute approximate surface area is 70.0 Å². The van der Waals surface area contributed by atoms with E-state index < -0.39 is 0 Å². The maximum Gasteiger partial charge on any atom is 0.0653 e. The van der Waals surface area contributed by atoms with Gasteiger partial charge in [0.25, 0.3) is 0 Å². The smallest absolute Gasteiger partial charge is 0.0653 e. The second-order valence-electron chi connectivity index (χ2n) is 2.95. The van der Waals surface area contributed by atoms with Crippen LogP contribution in [0, 0.1) is 0 Å². The average molecular weight is 241 g/mol. The van der Waals surface area contributed by atoms with Crippen LogP contribution in [0.4, 0.5) is 0 Å². The van der Waals surface area contributed by atoms with Gasteiger partial charge in [-0.3, -0.25) is 0 Å². The van der Waals surface area contributed by atoms with Gasteiger partial charge in [0.15, 0.2) is 0 Å². The lowest BCUT2D eigenvalue weighted by Gasteiger charge is -2.37. The zero-order valence-corrected chi connectivity index (χ0v) is 8.01. The van der Waals surface area contributed by atoms with Crippen LogP contribution in [0.5, 0.6) is 0 Å². The molecule has 3 heteroatoms. The average Bonchev–Trinajstić information content (AvgIpc) is 1.77. The van der Waals surface area contributed by atoms with Crippen LogP contribution in [0.2, 0.25) is 0 Å². The Kier molecular flexibility index (Phi) is 2.34. The van der Waals surface area contributed by atoms with Crippen LogP contribution in [0.3, 0.4) is 0 Å². The van der Waals surface area contributed by atoms with Crippen molar-refractivity contribution in [3.05, 3.63) is 0 Å². The maximum atomic E-state index is 5.31. The zero-order valence-electron chi connectivity index (χ0n) is 5.85. The Morgan fingerprint density at radius 1 is 1.56 bits per heavy atom. The first kappa shape index (κ1) is 7.75. The van der Waals surface area contributed by atoms with E-state index in [-0.39, 0.29) is 5.54 Å². The van der Waals surface area contributed by atoms with Crippen molar-refractivity contribution in [1.29, 1.82) is 0 Å². The third-order valence-corrected chi connectivity index (χ3v) is 3.33. The third kappa shape index (κ3) is 1.78. The number of ether oxygens (including phenoxy) is 1. The number of hydrogen-bond donors (Lipinski definition) is 0. The fourth-order valence-electron chi connectivity index (χ4n) is 0.839. The van der Waals surface area contributed by atoms with Crippen LogP contribution in [0.1, 0.15) is 13.8 Å². The van der Waals surface area contributed by atoms with Gasteiger partial charge < -0.3 is 4.74 Å². The Bertz CT molecular complexity index is 105. The van der Waals surface area contributed by atoms with E-state index in [1.54, 1.807) is 0 Å². The summed E-state index contributed by atoms with van der Waals surface area (Å²) in [4.78, 5) is 0. The lowest BCUT2D eigenvalue weighted by molar-refractivity contribution is 0.00603. The largest absolute Gasteiger partial charge is 0.378 e. The van der Waals surface area contributed by atoms with Crippen LogP contribution < -0.4 is 0 Å². The van der Waals surface area contributed by atoms with Gasteiger partial charge in [0.2, 0.25) is 0 Å². The highest BCUT2D eigenvalue weighted by molar-refractivity contribution is 14.1. The molecule has 0 aliphatic carbocycles. The standard InChI is InChI=1S/C6H12INO/c1-6(2)5-9-4-3-8(6)7/h3-5H2,1-2H3. The Balaban J connectivity index is 2.49. The predicted octanol–water partition coefficient (Wildman–Crippen LogP) is 1.45. The molecule has 1 aliphatic heterocycles. The number of rotatable bonds is 0. The van der Waals surface area contributed by atoms with Crippen molar-refractivity contribution in [1.82, 2.24) is 3.11 Å². The topological polar surface area (TPSA) is 12.5 Å². The van der Waals surface area contributed by atoms with Crippen molar-refractivity contribution in [3.8, 4) is 0 Å². The number of halogens is 1. The molecule has 1 fully saturated rings. The summed E-state index contributed by atoms with van der Waals surface area (Å²) < 4.78 is 7.61. The van der Waals surface area contributed by atoms with E-state index >= 15 is 0 Å². The Hall–Kier alpha value is 0.650. The predicted molar refractivity (Wildman–Crippen MR) is 45.6 cm³/mol. The normalized spacial score (nSPS) is 28.3. The molecule has 0 spiro atoms. The van der Waals surface area contributed by atoms with Crippen LogP contribution in [0.15, 0.2) is 0 Å². The highest BCUT2D eigenvalue weighted by Gasteiger charge is 2.28. The number of morpholine rings is 1. The third-order valence-electron chi connectivity index (χ3n) is 1.54. The van der Waals surface area contributed by atoms with Gasteiger partial charge in [-0.25, -0.2) is 3.11 Å². The van der Waals surface area contributed by atoms with Crippen molar-refractivity contribution >= 4 is 22.9 Å². The minimum absolute atomic E-state index is 0.235. The molecule has 0 aromatic rings. The quantitative estimate of drug-likeness (QED) is 0.470. The molecule has 0 N–H and O–H groups in total. The first-order valence-electron chi connectivity index (χ1n) is 3.14. The fourth-order valence-corrected chi connectivity index (χ4v) is 1.18. The minimum atomic E-state index is 0.235. The van der Waals surface area contributed by atoms with E-state index in [0.29, 0.717) is 0 Å². The molecule has 1 aliphatic rings. The van der Waals surface area contributed by atoms with Crippen LogP contribution >= 0.6 is 22.9 Å². The van der Waals surface area contributed by atoms with Crippen LogP contribution in [0.25, 0.3) is 0 Å². The molecule has 0 saturated carbocycles. The van der Waals surface area contributed by atoms with Crippen molar-refractivity contribution < 1.29 is 4.74 Å². The van der Waals surface area contributed by atoms with Gasteiger partial charge >= 0.3 is 0 Å². The van der Waals surface area contributed by atoms with Gasteiger partial charge in [0, 0.05) is 34.9 Å². The molecule has 1 saturated heterocycles. The van der Waals surface area contributed by atoms with Gasteiger partial charge in [0.05, 0.1) is 13.2 Å². The van der Waals surface area contributed by atoms with Gasteiger partial charge in [-0.1, -0.05) is 0 Å². The molecule has 0 unspecified atom stereocenters. The molecule has 54 valence electrons. The van der Waals surface area contributed by atoms with Crippen molar-refractivity contribution in [2.45, 2.75) is 19.4 Å². The summed E-state index contributed by atoms with van der Waals surface area (Å²) in [5, 5.41) is 0. The van der Waals surface area contributed by atoms with E-state index in [2.05, 4.69) is 39.8 Å². The van der Waals surface area contributed by atoms with Crippen LogP contribution in [-0.4, -0.2) is 28.4 Å². The number of nitrogens with zero attached hydrogens (tertiary/aromatic N) is 1. The molecule has 0 bridgehead atoms. The first-order valence-corrected chi connectivity index (χ1v) is 4.10. The molecule has 0 aromatic heterocycles. The molecular weight excluding hydrogens is 229 g/mol. The van der Waals surface area contributed by atoms with E-state index in [9.17, 15) is 0 Å². The lowest BCUT2D eigenvalue weighted by atomic mass is 10.1. The van der Waals surface area contributed by atoms with Crippen molar-refractivity contribution in [2.75, 3.05) is 19.8 Å². The summed E-state index contributed by atoms with van der Waals surface area (Å²) in [6.45, 7) is 7.17. The van der Waals surface area contributed by atoms with Crippen molar-refractivity contribution in [2.24, 2.45) is 0 Å². The zero-order chi connectivity index (χ0) is 6.91. The SMILES string of the molecule is CC1(C)COCCN1I. The molecule has 1 rings (SSSR count). The number of hydrogen-bond acceptors (Lipinski definition) is 2. The van der Waals surface area contributed by atoms with E-state index in [1.165, 1.54) is 0 Å². The van der Waals surface area contributed by atoms with Gasteiger partial charge in [-0.15, -0.1) is 0 Å². The molecule has 2 nitrogen and oxygen atoms in total.